The third kappa shape index (κ3) is 4.77. The van der Waals surface area contributed by atoms with Crippen molar-refractivity contribution in [1.82, 2.24) is 5.32 Å². The number of amides is 2. The van der Waals surface area contributed by atoms with Crippen LogP contribution in [0.2, 0.25) is 0 Å². The van der Waals surface area contributed by atoms with Crippen molar-refractivity contribution in [1.29, 1.82) is 0 Å². The Morgan fingerprint density at radius 1 is 1.05 bits per heavy atom. The molecule has 2 rings (SSSR count). The van der Waals surface area contributed by atoms with E-state index in [0.717, 1.165) is 21.5 Å². The van der Waals surface area contributed by atoms with Gasteiger partial charge in [0.1, 0.15) is 0 Å². The smallest absolute Gasteiger partial charge is 0.319 e. The highest BCUT2D eigenvalue weighted by Crippen LogP contribution is 2.27. The zero-order valence-electron chi connectivity index (χ0n) is 12.9. The molecule has 0 aromatic heterocycles. The maximum Gasteiger partial charge on any atom is 0.319 e. The SMILES string of the molecule is Cc1ccc(Nc2ccc(NC(=O)NC(C)C)cc2)c(Br)c1. The standard InChI is InChI=1S/C17H20BrN3O/c1-11(2)19-17(22)21-14-7-5-13(6-8-14)20-16-9-4-12(3)10-15(16)18/h4-11,20H,1-3H3,(H2,19,21,22). The lowest BCUT2D eigenvalue weighted by Gasteiger charge is -2.12. The summed E-state index contributed by atoms with van der Waals surface area (Å²) in [6.07, 6.45) is 0. The first-order chi connectivity index (χ1) is 10.4. The van der Waals surface area contributed by atoms with E-state index in [1.165, 1.54) is 5.56 Å². The number of anilines is 3. The Morgan fingerprint density at radius 2 is 1.68 bits per heavy atom. The first kappa shape index (κ1) is 16.4. The Morgan fingerprint density at radius 3 is 2.27 bits per heavy atom. The van der Waals surface area contributed by atoms with Crippen LogP contribution < -0.4 is 16.0 Å². The van der Waals surface area contributed by atoms with Gasteiger partial charge in [-0.3, -0.25) is 0 Å². The molecule has 0 saturated carbocycles. The number of carbonyl (C=O) groups excluding carboxylic acids is 1. The van der Waals surface area contributed by atoms with Gasteiger partial charge >= 0.3 is 6.03 Å². The van der Waals surface area contributed by atoms with Crippen LogP contribution in [0.5, 0.6) is 0 Å². The highest BCUT2D eigenvalue weighted by atomic mass is 79.9. The summed E-state index contributed by atoms with van der Waals surface area (Å²) in [4.78, 5) is 11.6. The Kier molecular flexibility index (Phi) is 5.44. The predicted molar refractivity (Wildman–Crippen MR) is 95.9 cm³/mol. The summed E-state index contributed by atoms with van der Waals surface area (Å²) in [6.45, 7) is 5.90. The van der Waals surface area contributed by atoms with E-state index in [0.29, 0.717) is 0 Å². The first-order valence-corrected chi connectivity index (χ1v) is 7.94. The van der Waals surface area contributed by atoms with Crippen molar-refractivity contribution in [2.45, 2.75) is 26.8 Å². The Bertz CT molecular complexity index is 653. The molecular weight excluding hydrogens is 342 g/mol. The van der Waals surface area contributed by atoms with Crippen LogP contribution in [-0.4, -0.2) is 12.1 Å². The van der Waals surface area contributed by atoms with Gasteiger partial charge in [-0.1, -0.05) is 6.07 Å². The van der Waals surface area contributed by atoms with Crippen LogP contribution in [0.25, 0.3) is 0 Å². The van der Waals surface area contributed by atoms with Crippen LogP contribution in [0.4, 0.5) is 21.9 Å². The van der Waals surface area contributed by atoms with Gasteiger partial charge < -0.3 is 16.0 Å². The van der Waals surface area contributed by atoms with Crippen molar-refractivity contribution in [2.24, 2.45) is 0 Å². The van der Waals surface area contributed by atoms with Crippen molar-refractivity contribution < 1.29 is 4.79 Å². The van der Waals surface area contributed by atoms with E-state index in [1.807, 2.05) is 44.2 Å². The number of halogens is 1. The van der Waals surface area contributed by atoms with Crippen LogP contribution in [0.15, 0.2) is 46.9 Å². The molecule has 0 heterocycles. The molecule has 2 aromatic carbocycles. The number of carbonyl (C=O) groups is 1. The van der Waals surface area contributed by atoms with Crippen molar-refractivity contribution >= 4 is 39.0 Å². The second kappa shape index (κ2) is 7.31. The average Bonchev–Trinajstić information content (AvgIpc) is 2.43. The topological polar surface area (TPSA) is 53.2 Å². The molecule has 22 heavy (non-hydrogen) atoms. The summed E-state index contributed by atoms with van der Waals surface area (Å²) >= 11 is 3.55. The van der Waals surface area contributed by atoms with Gasteiger partial charge in [-0.2, -0.15) is 0 Å². The minimum absolute atomic E-state index is 0.111. The number of urea groups is 1. The average molecular weight is 362 g/mol. The van der Waals surface area contributed by atoms with Crippen molar-refractivity contribution in [3.8, 4) is 0 Å². The maximum atomic E-state index is 11.6. The number of rotatable bonds is 4. The van der Waals surface area contributed by atoms with Gasteiger partial charge in [-0.05, 0) is 78.7 Å². The third-order valence-corrected chi connectivity index (χ3v) is 3.62. The number of nitrogens with one attached hydrogen (secondary N) is 3. The van der Waals surface area contributed by atoms with Crippen LogP contribution >= 0.6 is 15.9 Å². The fourth-order valence-corrected chi connectivity index (χ4v) is 2.54. The fourth-order valence-electron chi connectivity index (χ4n) is 1.94. The molecule has 2 amide bonds. The van der Waals surface area contributed by atoms with Crippen LogP contribution in [0, 0.1) is 6.92 Å². The third-order valence-electron chi connectivity index (χ3n) is 2.97. The number of benzene rings is 2. The van der Waals surface area contributed by atoms with Crippen molar-refractivity contribution in [3.63, 3.8) is 0 Å². The fraction of sp³-hybridized carbons (Fsp3) is 0.235. The van der Waals surface area contributed by atoms with E-state index in [-0.39, 0.29) is 12.1 Å². The molecule has 116 valence electrons. The summed E-state index contributed by atoms with van der Waals surface area (Å²) in [6, 6.07) is 13.6. The highest BCUT2D eigenvalue weighted by Gasteiger charge is 2.04. The second-order valence-electron chi connectivity index (χ2n) is 5.44. The van der Waals surface area contributed by atoms with E-state index >= 15 is 0 Å². The maximum absolute atomic E-state index is 11.6. The lowest BCUT2D eigenvalue weighted by Crippen LogP contribution is -2.34. The molecule has 2 aromatic rings. The molecule has 0 radical (unpaired) electrons. The number of hydrogen-bond donors (Lipinski definition) is 3. The van der Waals surface area contributed by atoms with E-state index in [2.05, 4.69) is 50.9 Å². The molecule has 4 nitrogen and oxygen atoms in total. The highest BCUT2D eigenvalue weighted by molar-refractivity contribution is 9.10. The van der Waals surface area contributed by atoms with Crippen LogP contribution in [-0.2, 0) is 0 Å². The van der Waals surface area contributed by atoms with Crippen molar-refractivity contribution in [3.05, 3.63) is 52.5 Å². The molecule has 0 aliphatic rings. The summed E-state index contributed by atoms with van der Waals surface area (Å²) in [5.74, 6) is 0. The van der Waals surface area contributed by atoms with Gasteiger partial charge in [0, 0.05) is 21.9 Å². The monoisotopic (exact) mass is 361 g/mol. The first-order valence-electron chi connectivity index (χ1n) is 7.15. The minimum atomic E-state index is -0.197. The number of hydrogen-bond acceptors (Lipinski definition) is 2. The predicted octanol–water partition coefficient (Wildman–Crippen LogP) is 5.03. The summed E-state index contributed by atoms with van der Waals surface area (Å²) in [7, 11) is 0. The Hall–Kier alpha value is -2.01. The molecule has 0 fully saturated rings. The normalized spacial score (nSPS) is 10.4. The van der Waals surface area contributed by atoms with Crippen molar-refractivity contribution in [2.75, 3.05) is 10.6 Å². The summed E-state index contributed by atoms with van der Waals surface area (Å²) in [5.41, 5.74) is 3.92. The number of aryl methyl sites for hydroxylation is 1. The quantitative estimate of drug-likeness (QED) is 0.714. The van der Waals surface area contributed by atoms with Gasteiger partial charge in [0.25, 0.3) is 0 Å². The van der Waals surface area contributed by atoms with Gasteiger partial charge in [0.05, 0.1) is 5.69 Å². The van der Waals surface area contributed by atoms with Crippen LogP contribution in [0.1, 0.15) is 19.4 Å². The molecule has 0 unspecified atom stereocenters. The molecule has 0 bridgehead atoms. The second-order valence-corrected chi connectivity index (χ2v) is 6.29. The Balaban J connectivity index is 2.01. The molecular formula is C17H20BrN3O. The van der Waals surface area contributed by atoms with E-state index in [1.54, 1.807) is 0 Å². The minimum Gasteiger partial charge on any atom is -0.355 e. The molecule has 5 heteroatoms. The van der Waals surface area contributed by atoms with Gasteiger partial charge in [0.2, 0.25) is 0 Å². The van der Waals surface area contributed by atoms with Gasteiger partial charge in [-0.15, -0.1) is 0 Å². The lowest BCUT2D eigenvalue weighted by molar-refractivity contribution is 0.250. The molecule has 0 aliphatic heterocycles. The summed E-state index contributed by atoms with van der Waals surface area (Å²) < 4.78 is 1.02. The van der Waals surface area contributed by atoms with Gasteiger partial charge in [-0.25, -0.2) is 4.79 Å². The van der Waals surface area contributed by atoms with E-state index < -0.39 is 0 Å². The summed E-state index contributed by atoms with van der Waals surface area (Å²) in [5, 5.41) is 8.92. The van der Waals surface area contributed by atoms with E-state index in [4.69, 9.17) is 0 Å². The molecule has 0 spiro atoms. The zero-order chi connectivity index (χ0) is 16.1. The zero-order valence-corrected chi connectivity index (χ0v) is 14.5. The molecule has 3 N–H and O–H groups in total. The van der Waals surface area contributed by atoms with E-state index in [9.17, 15) is 4.79 Å². The lowest BCUT2D eigenvalue weighted by atomic mass is 10.2. The molecule has 0 aliphatic carbocycles. The molecule has 0 atom stereocenters. The Labute approximate surface area is 139 Å². The van der Waals surface area contributed by atoms with Crippen LogP contribution in [0.3, 0.4) is 0 Å². The largest absolute Gasteiger partial charge is 0.355 e. The van der Waals surface area contributed by atoms with Gasteiger partial charge in [0.15, 0.2) is 0 Å². The molecule has 0 saturated heterocycles.